The van der Waals surface area contributed by atoms with Crippen molar-refractivity contribution in [3.05, 3.63) is 55.0 Å². The first-order chi connectivity index (χ1) is 11.2. The largest absolute Gasteiger partial charge is 0.350 e. The molecule has 0 saturated heterocycles. The Labute approximate surface area is 140 Å². The number of rotatable bonds is 6. The first kappa shape index (κ1) is 15.7. The van der Waals surface area contributed by atoms with Gasteiger partial charge in [-0.05, 0) is 48.8 Å². The third-order valence-electron chi connectivity index (χ3n) is 4.07. The number of fused-ring (bicyclic) bond motifs is 1. The highest BCUT2D eigenvalue weighted by molar-refractivity contribution is 7.98. The fraction of sp³-hybridized carbons (Fsp3) is 0.278. The highest BCUT2D eigenvalue weighted by atomic mass is 32.2. The second-order valence-corrected chi connectivity index (χ2v) is 6.57. The van der Waals surface area contributed by atoms with Crippen LogP contribution in [-0.4, -0.2) is 27.1 Å². The van der Waals surface area contributed by atoms with E-state index in [0.29, 0.717) is 0 Å². The number of carbonyl (C=O) groups excluding carboxylic acids is 1. The van der Waals surface area contributed by atoms with Gasteiger partial charge in [0.25, 0.3) is 0 Å². The molecule has 3 aromatic rings. The molecule has 1 aromatic carbocycles. The molecular weight excluding hydrogens is 306 g/mol. The topological polar surface area (TPSA) is 39.0 Å². The Balaban J connectivity index is 1.85. The number of aromatic nitrogens is 2. The first-order valence-corrected chi connectivity index (χ1v) is 9.06. The Kier molecular flexibility index (Phi) is 4.76. The molecule has 0 spiro atoms. The lowest BCUT2D eigenvalue weighted by atomic mass is 10.1. The van der Waals surface area contributed by atoms with E-state index in [-0.39, 0.29) is 11.9 Å². The van der Waals surface area contributed by atoms with Crippen LogP contribution in [0.25, 0.3) is 10.9 Å². The Morgan fingerprint density at radius 3 is 2.70 bits per heavy atom. The number of hydrogen-bond donors (Lipinski definition) is 1. The Bertz CT molecular complexity index is 792. The van der Waals surface area contributed by atoms with Crippen LogP contribution in [-0.2, 0) is 11.8 Å². The summed E-state index contributed by atoms with van der Waals surface area (Å²) in [6, 6.07) is 11.8. The number of aryl methyl sites for hydroxylation is 1. The summed E-state index contributed by atoms with van der Waals surface area (Å²) in [5.41, 5.74) is 1.99. The van der Waals surface area contributed by atoms with Crippen molar-refractivity contribution in [3.63, 3.8) is 0 Å². The SMILES string of the molecule is CSCC[C@@H](C(=O)Nc1cccc2c1ccn2C)n1cccc1. The molecule has 1 amide bonds. The van der Waals surface area contributed by atoms with E-state index >= 15 is 0 Å². The van der Waals surface area contributed by atoms with Crippen LogP contribution >= 0.6 is 11.8 Å². The number of amides is 1. The van der Waals surface area contributed by atoms with Crippen molar-refractivity contribution >= 4 is 34.3 Å². The van der Waals surface area contributed by atoms with Crippen LogP contribution in [0.15, 0.2) is 55.0 Å². The van der Waals surface area contributed by atoms with E-state index in [9.17, 15) is 4.79 Å². The predicted octanol–water partition coefficient (Wildman–Crippen LogP) is 3.91. The zero-order valence-electron chi connectivity index (χ0n) is 13.4. The van der Waals surface area contributed by atoms with Gasteiger partial charge in [-0.25, -0.2) is 0 Å². The van der Waals surface area contributed by atoms with E-state index in [1.54, 1.807) is 11.8 Å². The number of nitrogens with zero attached hydrogens (tertiary/aromatic N) is 2. The molecule has 5 heteroatoms. The van der Waals surface area contributed by atoms with E-state index in [1.807, 2.05) is 60.5 Å². The molecule has 2 heterocycles. The molecule has 1 atom stereocenters. The van der Waals surface area contributed by atoms with Crippen LogP contribution in [0.4, 0.5) is 5.69 Å². The van der Waals surface area contributed by atoms with Crippen LogP contribution in [0.2, 0.25) is 0 Å². The van der Waals surface area contributed by atoms with Crippen LogP contribution in [0, 0.1) is 0 Å². The molecule has 0 fully saturated rings. The molecule has 0 bridgehead atoms. The van der Waals surface area contributed by atoms with Crippen molar-refractivity contribution in [1.29, 1.82) is 0 Å². The van der Waals surface area contributed by atoms with Gasteiger partial charge in [-0.2, -0.15) is 11.8 Å². The minimum Gasteiger partial charge on any atom is -0.350 e. The van der Waals surface area contributed by atoms with Gasteiger partial charge in [0.05, 0.1) is 5.69 Å². The maximum absolute atomic E-state index is 12.8. The summed E-state index contributed by atoms with van der Waals surface area (Å²) in [6.45, 7) is 0. The Morgan fingerprint density at radius 1 is 1.17 bits per heavy atom. The quantitative estimate of drug-likeness (QED) is 0.745. The van der Waals surface area contributed by atoms with Gasteiger partial charge in [0.15, 0.2) is 0 Å². The van der Waals surface area contributed by atoms with Gasteiger partial charge < -0.3 is 14.5 Å². The van der Waals surface area contributed by atoms with E-state index in [2.05, 4.69) is 22.2 Å². The minimum absolute atomic E-state index is 0.0339. The highest BCUT2D eigenvalue weighted by Gasteiger charge is 2.20. The number of nitrogens with one attached hydrogen (secondary N) is 1. The number of thioether (sulfide) groups is 1. The van der Waals surface area contributed by atoms with Crippen LogP contribution in [0.3, 0.4) is 0 Å². The monoisotopic (exact) mass is 327 g/mol. The summed E-state index contributed by atoms with van der Waals surface area (Å²) in [5, 5.41) is 4.18. The maximum Gasteiger partial charge on any atom is 0.247 e. The summed E-state index contributed by atoms with van der Waals surface area (Å²) in [5.74, 6) is 0.984. The summed E-state index contributed by atoms with van der Waals surface area (Å²) < 4.78 is 4.04. The molecular formula is C18H21N3OS. The summed E-state index contributed by atoms with van der Waals surface area (Å²) in [6.07, 6.45) is 8.79. The molecule has 0 aliphatic rings. The third kappa shape index (κ3) is 3.29. The number of carbonyl (C=O) groups is 1. The normalized spacial score (nSPS) is 12.4. The zero-order chi connectivity index (χ0) is 16.2. The van der Waals surface area contributed by atoms with Crippen LogP contribution in [0.1, 0.15) is 12.5 Å². The average Bonchev–Trinajstić information content (AvgIpc) is 3.19. The van der Waals surface area contributed by atoms with Gasteiger partial charge in [0, 0.05) is 36.5 Å². The van der Waals surface area contributed by atoms with Crippen molar-refractivity contribution in [3.8, 4) is 0 Å². The second-order valence-electron chi connectivity index (χ2n) is 5.58. The van der Waals surface area contributed by atoms with Gasteiger partial charge in [0.2, 0.25) is 5.91 Å². The van der Waals surface area contributed by atoms with Crippen molar-refractivity contribution in [2.75, 3.05) is 17.3 Å². The summed E-state index contributed by atoms with van der Waals surface area (Å²) in [7, 11) is 2.01. The lowest BCUT2D eigenvalue weighted by molar-refractivity contribution is -0.119. The fourth-order valence-corrected chi connectivity index (χ4v) is 3.29. The molecule has 0 aliphatic heterocycles. The molecule has 23 heavy (non-hydrogen) atoms. The Hall–Kier alpha value is -2.14. The lowest BCUT2D eigenvalue weighted by Gasteiger charge is -2.18. The van der Waals surface area contributed by atoms with Gasteiger partial charge in [-0.15, -0.1) is 0 Å². The molecule has 0 unspecified atom stereocenters. The van der Waals surface area contributed by atoms with Gasteiger partial charge in [-0.1, -0.05) is 6.07 Å². The number of anilines is 1. The number of hydrogen-bond acceptors (Lipinski definition) is 2. The first-order valence-electron chi connectivity index (χ1n) is 7.67. The van der Waals surface area contributed by atoms with Crippen molar-refractivity contribution in [2.45, 2.75) is 12.5 Å². The second kappa shape index (κ2) is 6.96. The molecule has 0 aliphatic carbocycles. The molecule has 4 nitrogen and oxygen atoms in total. The molecule has 2 aromatic heterocycles. The predicted molar refractivity (Wildman–Crippen MR) is 98.0 cm³/mol. The molecule has 1 N–H and O–H groups in total. The minimum atomic E-state index is -0.184. The van der Waals surface area contributed by atoms with E-state index < -0.39 is 0 Å². The fourth-order valence-electron chi connectivity index (χ4n) is 2.83. The van der Waals surface area contributed by atoms with E-state index in [4.69, 9.17) is 0 Å². The van der Waals surface area contributed by atoms with Gasteiger partial charge in [0.1, 0.15) is 6.04 Å². The van der Waals surface area contributed by atoms with Crippen molar-refractivity contribution in [2.24, 2.45) is 7.05 Å². The smallest absolute Gasteiger partial charge is 0.247 e. The Morgan fingerprint density at radius 2 is 1.96 bits per heavy atom. The van der Waals surface area contributed by atoms with Crippen LogP contribution < -0.4 is 5.32 Å². The average molecular weight is 327 g/mol. The number of benzene rings is 1. The van der Waals surface area contributed by atoms with E-state index in [1.165, 1.54) is 0 Å². The molecule has 0 radical (unpaired) electrons. The van der Waals surface area contributed by atoms with Crippen molar-refractivity contribution < 1.29 is 4.79 Å². The van der Waals surface area contributed by atoms with Crippen molar-refractivity contribution in [1.82, 2.24) is 9.13 Å². The zero-order valence-corrected chi connectivity index (χ0v) is 14.2. The van der Waals surface area contributed by atoms with E-state index in [0.717, 1.165) is 28.8 Å². The van der Waals surface area contributed by atoms with Crippen LogP contribution in [0.5, 0.6) is 0 Å². The lowest BCUT2D eigenvalue weighted by Crippen LogP contribution is -2.26. The van der Waals surface area contributed by atoms with Gasteiger partial charge in [-0.3, -0.25) is 4.79 Å². The highest BCUT2D eigenvalue weighted by Crippen LogP contribution is 2.25. The molecule has 3 rings (SSSR count). The molecule has 0 saturated carbocycles. The van der Waals surface area contributed by atoms with Gasteiger partial charge >= 0.3 is 0 Å². The maximum atomic E-state index is 12.8. The molecule has 120 valence electrons. The standard InChI is InChI=1S/C18H21N3OS/c1-20-12-8-14-15(6-5-7-16(14)20)19-18(22)17(9-13-23-2)21-10-3-4-11-21/h3-8,10-12,17H,9,13H2,1-2H3,(H,19,22)/t17-/m0/s1. The summed E-state index contributed by atoms with van der Waals surface area (Å²) >= 11 is 1.76. The summed E-state index contributed by atoms with van der Waals surface area (Å²) in [4.78, 5) is 12.8. The third-order valence-corrected chi connectivity index (χ3v) is 4.72.